The van der Waals surface area contributed by atoms with Crippen LogP contribution in [0.5, 0.6) is 0 Å². The van der Waals surface area contributed by atoms with Gasteiger partial charge in [-0.3, -0.25) is 0 Å². The molecule has 2 N–H and O–H groups in total. The molecule has 4 nitrogen and oxygen atoms in total. The minimum absolute atomic E-state index is 0.0000946. The first-order valence-electron chi connectivity index (χ1n) is 6.95. The summed E-state index contributed by atoms with van der Waals surface area (Å²) in [6.45, 7) is 1.87. The topological polar surface area (TPSA) is 58.6 Å². The van der Waals surface area contributed by atoms with Gasteiger partial charge in [-0.05, 0) is 35.7 Å². The van der Waals surface area contributed by atoms with E-state index in [4.69, 9.17) is 4.74 Å². The summed E-state index contributed by atoms with van der Waals surface area (Å²) >= 11 is 0. The summed E-state index contributed by atoms with van der Waals surface area (Å²) < 4.78 is 18.1. The van der Waals surface area contributed by atoms with Crippen molar-refractivity contribution in [3.05, 3.63) is 71.0 Å². The minimum atomic E-state index is -0.912. The van der Waals surface area contributed by atoms with E-state index in [2.05, 4.69) is 5.32 Å². The summed E-state index contributed by atoms with van der Waals surface area (Å²) in [6.07, 6.45) is -1.52. The number of benzene rings is 2. The van der Waals surface area contributed by atoms with E-state index in [1.165, 1.54) is 18.2 Å². The van der Waals surface area contributed by atoms with Crippen molar-refractivity contribution in [3.8, 4) is 0 Å². The minimum Gasteiger partial charge on any atom is -0.445 e. The SMILES string of the molecule is Cc1cc(F)ccc1C(O)CNC(=O)OCc1ccccc1. The number of nitrogens with one attached hydrogen (secondary N) is 1. The Morgan fingerprint density at radius 2 is 2.00 bits per heavy atom. The number of rotatable bonds is 5. The summed E-state index contributed by atoms with van der Waals surface area (Å²) in [6, 6.07) is 13.4. The van der Waals surface area contributed by atoms with Crippen molar-refractivity contribution in [1.82, 2.24) is 5.32 Å². The molecule has 2 aromatic carbocycles. The molecule has 0 saturated carbocycles. The van der Waals surface area contributed by atoms with Crippen LogP contribution in [-0.4, -0.2) is 17.7 Å². The molecule has 0 fully saturated rings. The Hall–Kier alpha value is -2.40. The highest BCUT2D eigenvalue weighted by Crippen LogP contribution is 2.18. The fourth-order valence-electron chi connectivity index (χ4n) is 2.08. The number of hydrogen-bond donors (Lipinski definition) is 2. The van der Waals surface area contributed by atoms with Gasteiger partial charge in [0, 0.05) is 0 Å². The number of aryl methyl sites for hydroxylation is 1. The van der Waals surface area contributed by atoms with Crippen LogP contribution in [0.4, 0.5) is 9.18 Å². The third kappa shape index (κ3) is 4.56. The second-order valence-electron chi connectivity index (χ2n) is 4.96. The monoisotopic (exact) mass is 303 g/mol. The Kier molecular flexibility index (Phi) is 5.49. The van der Waals surface area contributed by atoms with Crippen molar-refractivity contribution in [2.24, 2.45) is 0 Å². The molecule has 116 valence electrons. The maximum Gasteiger partial charge on any atom is 0.407 e. The van der Waals surface area contributed by atoms with Gasteiger partial charge in [-0.15, -0.1) is 0 Å². The lowest BCUT2D eigenvalue weighted by Gasteiger charge is -2.14. The number of ether oxygens (including phenoxy) is 1. The van der Waals surface area contributed by atoms with E-state index in [0.29, 0.717) is 11.1 Å². The number of alkyl carbamates (subject to hydrolysis) is 1. The van der Waals surface area contributed by atoms with Gasteiger partial charge in [0.2, 0.25) is 0 Å². The van der Waals surface area contributed by atoms with E-state index < -0.39 is 12.2 Å². The molecule has 0 heterocycles. The first-order chi connectivity index (χ1) is 10.6. The highest BCUT2D eigenvalue weighted by molar-refractivity contribution is 5.67. The summed E-state index contributed by atoms with van der Waals surface area (Å²) in [4.78, 5) is 11.6. The van der Waals surface area contributed by atoms with Crippen LogP contribution >= 0.6 is 0 Å². The molecule has 0 saturated heterocycles. The van der Waals surface area contributed by atoms with Crippen LogP contribution in [0.2, 0.25) is 0 Å². The highest BCUT2D eigenvalue weighted by Gasteiger charge is 2.13. The molecule has 0 aliphatic heterocycles. The molecule has 5 heteroatoms. The molecule has 22 heavy (non-hydrogen) atoms. The summed E-state index contributed by atoms with van der Waals surface area (Å²) in [5.74, 6) is -0.358. The van der Waals surface area contributed by atoms with E-state index in [1.807, 2.05) is 30.3 Å². The summed E-state index contributed by atoms with van der Waals surface area (Å²) in [7, 11) is 0. The summed E-state index contributed by atoms with van der Waals surface area (Å²) in [5.41, 5.74) is 2.09. The van der Waals surface area contributed by atoms with E-state index in [1.54, 1.807) is 6.92 Å². The lowest BCUT2D eigenvalue weighted by molar-refractivity contribution is 0.125. The van der Waals surface area contributed by atoms with Crippen LogP contribution in [0.15, 0.2) is 48.5 Å². The largest absolute Gasteiger partial charge is 0.445 e. The first-order valence-corrected chi connectivity index (χ1v) is 6.95. The molecule has 1 atom stereocenters. The molecule has 0 spiro atoms. The Labute approximate surface area is 128 Å². The van der Waals surface area contributed by atoms with Gasteiger partial charge < -0.3 is 15.2 Å². The van der Waals surface area contributed by atoms with Crippen molar-refractivity contribution in [2.45, 2.75) is 19.6 Å². The average Bonchev–Trinajstić information content (AvgIpc) is 2.51. The number of aliphatic hydroxyl groups is 1. The fourth-order valence-corrected chi connectivity index (χ4v) is 2.08. The van der Waals surface area contributed by atoms with Gasteiger partial charge in [0.25, 0.3) is 0 Å². The van der Waals surface area contributed by atoms with Gasteiger partial charge in [-0.2, -0.15) is 0 Å². The van der Waals surface area contributed by atoms with Crippen LogP contribution in [0.1, 0.15) is 22.8 Å². The third-order valence-corrected chi connectivity index (χ3v) is 3.24. The van der Waals surface area contributed by atoms with E-state index in [-0.39, 0.29) is 19.0 Å². The van der Waals surface area contributed by atoms with Crippen LogP contribution in [0, 0.1) is 12.7 Å². The molecule has 0 radical (unpaired) electrons. The van der Waals surface area contributed by atoms with Gasteiger partial charge in [-0.25, -0.2) is 9.18 Å². The van der Waals surface area contributed by atoms with Crippen molar-refractivity contribution in [3.63, 3.8) is 0 Å². The quantitative estimate of drug-likeness (QED) is 0.892. The number of hydrogen-bond acceptors (Lipinski definition) is 3. The Morgan fingerprint density at radius 3 is 2.68 bits per heavy atom. The van der Waals surface area contributed by atoms with E-state index >= 15 is 0 Å². The van der Waals surface area contributed by atoms with E-state index in [0.717, 1.165) is 5.56 Å². The van der Waals surface area contributed by atoms with Gasteiger partial charge in [0.1, 0.15) is 12.4 Å². The maximum absolute atomic E-state index is 13.0. The second kappa shape index (κ2) is 7.56. The Morgan fingerprint density at radius 1 is 1.27 bits per heavy atom. The Bertz CT molecular complexity index is 631. The lowest BCUT2D eigenvalue weighted by Crippen LogP contribution is -2.29. The number of carbonyl (C=O) groups excluding carboxylic acids is 1. The van der Waals surface area contributed by atoms with Crippen LogP contribution in [0.3, 0.4) is 0 Å². The molecule has 2 rings (SSSR count). The van der Waals surface area contributed by atoms with Crippen LogP contribution in [0.25, 0.3) is 0 Å². The zero-order valence-electron chi connectivity index (χ0n) is 12.3. The maximum atomic E-state index is 13.0. The van der Waals surface area contributed by atoms with Gasteiger partial charge in [-0.1, -0.05) is 36.4 Å². The van der Waals surface area contributed by atoms with E-state index in [9.17, 15) is 14.3 Å². The molecule has 1 amide bonds. The lowest BCUT2D eigenvalue weighted by atomic mass is 10.0. The highest BCUT2D eigenvalue weighted by atomic mass is 19.1. The standard InChI is InChI=1S/C17H18FNO3/c1-12-9-14(18)7-8-15(12)16(20)10-19-17(21)22-11-13-5-3-2-4-6-13/h2-9,16,20H,10-11H2,1H3,(H,19,21). The molecule has 2 aromatic rings. The normalized spacial score (nSPS) is 11.8. The van der Waals surface area contributed by atoms with Crippen molar-refractivity contribution >= 4 is 6.09 Å². The molecule has 0 aliphatic rings. The molecule has 0 bridgehead atoms. The molecule has 0 aromatic heterocycles. The molecule has 1 unspecified atom stereocenters. The van der Waals surface area contributed by atoms with Crippen molar-refractivity contribution in [1.29, 1.82) is 0 Å². The zero-order chi connectivity index (χ0) is 15.9. The number of aliphatic hydroxyl groups excluding tert-OH is 1. The van der Waals surface area contributed by atoms with Crippen LogP contribution < -0.4 is 5.32 Å². The Balaban J connectivity index is 1.80. The smallest absolute Gasteiger partial charge is 0.407 e. The average molecular weight is 303 g/mol. The second-order valence-corrected chi connectivity index (χ2v) is 4.96. The zero-order valence-corrected chi connectivity index (χ0v) is 12.3. The molecular formula is C17H18FNO3. The van der Waals surface area contributed by atoms with Gasteiger partial charge in [0.15, 0.2) is 0 Å². The predicted octanol–water partition coefficient (Wildman–Crippen LogP) is 3.09. The van der Waals surface area contributed by atoms with Crippen LogP contribution in [-0.2, 0) is 11.3 Å². The predicted molar refractivity (Wildman–Crippen MR) is 80.7 cm³/mol. The third-order valence-electron chi connectivity index (χ3n) is 3.24. The fraction of sp³-hybridized carbons (Fsp3) is 0.235. The van der Waals surface area contributed by atoms with Crippen molar-refractivity contribution < 1.29 is 19.0 Å². The number of carbonyl (C=O) groups is 1. The van der Waals surface area contributed by atoms with Gasteiger partial charge >= 0.3 is 6.09 Å². The van der Waals surface area contributed by atoms with Gasteiger partial charge in [0.05, 0.1) is 12.6 Å². The number of halogens is 1. The molecular weight excluding hydrogens is 285 g/mol. The first kappa shape index (κ1) is 16.0. The number of amides is 1. The molecule has 0 aliphatic carbocycles. The van der Waals surface area contributed by atoms with Crippen molar-refractivity contribution in [2.75, 3.05) is 6.54 Å². The summed E-state index contributed by atoms with van der Waals surface area (Å²) in [5, 5.41) is 12.5.